The van der Waals surface area contributed by atoms with E-state index in [1.807, 2.05) is 6.92 Å². The number of hydrogen-bond acceptors (Lipinski definition) is 4. The Balaban J connectivity index is 1.71. The summed E-state index contributed by atoms with van der Waals surface area (Å²) in [5.74, 6) is 1.10. The van der Waals surface area contributed by atoms with Crippen LogP contribution in [0.25, 0.3) is 0 Å². The third-order valence-electron chi connectivity index (χ3n) is 5.13. The highest BCUT2D eigenvalue weighted by Gasteiger charge is 2.41. The molecule has 0 aromatic rings. The molecule has 0 bridgehead atoms. The molecule has 22 heavy (non-hydrogen) atoms. The fourth-order valence-electron chi connectivity index (χ4n) is 3.99. The first-order chi connectivity index (χ1) is 10.7. The topological polar surface area (TPSA) is 44.8 Å². The number of carbonyl (C=O) groups is 1. The monoisotopic (exact) mass is 312 g/mol. The molecule has 0 aromatic carbocycles. The Morgan fingerprint density at radius 1 is 1.32 bits per heavy atom. The molecule has 1 saturated heterocycles. The van der Waals surface area contributed by atoms with Crippen molar-refractivity contribution in [2.45, 2.75) is 77.4 Å². The molecule has 1 saturated carbocycles. The molecule has 1 aliphatic carbocycles. The second-order valence-electron chi connectivity index (χ2n) is 6.78. The van der Waals surface area contributed by atoms with Crippen molar-refractivity contribution >= 4 is 5.97 Å². The molecular weight excluding hydrogens is 280 g/mol. The first-order valence-corrected chi connectivity index (χ1v) is 9.11. The van der Waals surface area contributed by atoms with E-state index < -0.39 is 0 Å². The quantitative estimate of drug-likeness (QED) is 0.634. The summed E-state index contributed by atoms with van der Waals surface area (Å²) in [5.41, 5.74) is 0. The molecule has 1 aliphatic heterocycles. The van der Waals surface area contributed by atoms with E-state index in [1.165, 1.54) is 25.7 Å². The molecule has 0 amide bonds. The molecule has 1 unspecified atom stereocenters. The van der Waals surface area contributed by atoms with E-state index in [-0.39, 0.29) is 11.8 Å². The highest BCUT2D eigenvalue weighted by atomic mass is 16.7. The molecule has 2 atom stereocenters. The first kappa shape index (κ1) is 17.7. The van der Waals surface area contributed by atoms with E-state index in [4.69, 9.17) is 14.2 Å². The Bertz CT molecular complexity index is 336. The van der Waals surface area contributed by atoms with Crippen LogP contribution < -0.4 is 0 Å². The van der Waals surface area contributed by atoms with Crippen LogP contribution in [0.15, 0.2) is 0 Å². The van der Waals surface area contributed by atoms with Crippen molar-refractivity contribution in [2.75, 3.05) is 19.8 Å². The minimum absolute atomic E-state index is 0.0540. The summed E-state index contributed by atoms with van der Waals surface area (Å²) < 4.78 is 16.8. The third-order valence-corrected chi connectivity index (χ3v) is 5.13. The zero-order valence-electron chi connectivity index (χ0n) is 14.3. The van der Waals surface area contributed by atoms with Gasteiger partial charge in [-0.3, -0.25) is 4.79 Å². The number of ether oxygens (including phenoxy) is 3. The molecular formula is C18H32O4. The SMILES string of the molecule is CCOC(=O)CCCC(CC)C[C@@H]1CCCC2(C1)OCCO2. The summed E-state index contributed by atoms with van der Waals surface area (Å²) in [6.07, 6.45) is 9.69. The van der Waals surface area contributed by atoms with Crippen LogP contribution in [0.2, 0.25) is 0 Å². The van der Waals surface area contributed by atoms with Gasteiger partial charge in [-0.2, -0.15) is 0 Å². The summed E-state index contributed by atoms with van der Waals surface area (Å²) >= 11 is 0. The number of esters is 1. The lowest BCUT2D eigenvalue weighted by Crippen LogP contribution is -2.36. The molecule has 2 fully saturated rings. The number of hydrogen-bond donors (Lipinski definition) is 0. The average Bonchev–Trinajstić information content (AvgIpc) is 2.94. The predicted octanol–water partition coefficient (Wildman–Crippen LogP) is 4.07. The standard InChI is InChI=1S/C18H32O4/c1-3-15(7-5-9-17(19)20-4-2)13-16-8-6-10-18(14-16)21-11-12-22-18/h15-16H,3-14H2,1-2H3/t15?,16-/m0/s1. The summed E-state index contributed by atoms with van der Waals surface area (Å²) in [4.78, 5) is 11.4. The molecule has 1 heterocycles. The van der Waals surface area contributed by atoms with Crippen LogP contribution in [0.1, 0.15) is 71.6 Å². The molecule has 2 rings (SSSR count). The van der Waals surface area contributed by atoms with E-state index >= 15 is 0 Å². The van der Waals surface area contributed by atoms with E-state index in [9.17, 15) is 4.79 Å². The van der Waals surface area contributed by atoms with Crippen molar-refractivity contribution in [1.29, 1.82) is 0 Å². The van der Waals surface area contributed by atoms with Crippen molar-refractivity contribution in [1.82, 2.24) is 0 Å². The second-order valence-corrected chi connectivity index (χ2v) is 6.78. The van der Waals surface area contributed by atoms with Gasteiger partial charge in [0.2, 0.25) is 0 Å². The van der Waals surface area contributed by atoms with Gasteiger partial charge in [-0.05, 0) is 44.4 Å². The fourth-order valence-corrected chi connectivity index (χ4v) is 3.99. The fraction of sp³-hybridized carbons (Fsp3) is 0.944. The molecule has 0 aromatic heterocycles. The van der Waals surface area contributed by atoms with Crippen molar-refractivity contribution in [3.8, 4) is 0 Å². The smallest absolute Gasteiger partial charge is 0.305 e. The van der Waals surface area contributed by atoms with Crippen molar-refractivity contribution < 1.29 is 19.0 Å². The molecule has 4 heteroatoms. The van der Waals surface area contributed by atoms with Crippen LogP contribution >= 0.6 is 0 Å². The Kier molecular flexibility index (Phi) is 7.16. The van der Waals surface area contributed by atoms with Crippen LogP contribution in [-0.2, 0) is 19.0 Å². The predicted molar refractivity (Wildman–Crippen MR) is 85.5 cm³/mol. The lowest BCUT2D eigenvalue weighted by atomic mass is 9.78. The zero-order valence-corrected chi connectivity index (χ0v) is 14.3. The highest BCUT2D eigenvalue weighted by Crippen LogP contribution is 2.41. The highest BCUT2D eigenvalue weighted by molar-refractivity contribution is 5.69. The molecule has 1 spiro atoms. The zero-order chi connectivity index (χ0) is 15.8. The number of carbonyl (C=O) groups excluding carboxylic acids is 1. The van der Waals surface area contributed by atoms with Gasteiger partial charge in [-0.25, -0.2) is 0 Å². The van der Waals surface area contributed by atoms with E-state index in [1.54, 1.807) is 0 Å². The van der Waals surface area contributed by atoms with E-state index in [2.05, 4.69) is 6.92 Å². The second kappa shape index (κ2) is 8.88. The molecule has 128 valence electrons. The molecule has 2 aliphatic rings. The van der Waals surface area contributed by atoms with Gasteiger partial charge in [0, 0.05) is 19.3 Å². The van der Waals surface area contributed by atoms with Gasteiger partial charge in [-0.15, -0.1) is 0 Å². The van der Waals surface area contributed by atoms with Crippen molar-refractivity contribution in [3.63, 3.8) is 0 Å². The van der Waals surface area contributed by atoms with Crippen LogP contribution in [0.3, 0.4) is 0 Å². The van der Waals surface area contributed by atoms with Gasteiger partial charge in [0.1, 0.15) is 0 Å². The van der Waals surface area contributed by atoms with E-state index in [0.717, 1.165) is 38.9 Å². The Morgan fingerprint density at radius 3 is 2.77 bits per heavy atom. The van der Waals surface area contributed by atoms with Crippen LogP contribution in [0.4, 0.5) is 0 Å². The van der Waals surface area contributed by atoms with Crippen LogP contribution in [0, 0.1) is 11.8 Å². The minimum atomic E-state index is -0.258. The van der Waals surface area contributed by atoms with Gasteiger partial charge in [0.25, 0.3) is 0 Å². The normalized spacial score (nSPS) is 25.3. The van der Waals surface area contributed by atoms with Crippen LogP contribution in [0.5, 0.6) is 0 Å². The van der Waals surface area contributed by atoms with Gasteiger partial charge < -0.3 is 14.2 Å². The maximum absolute atomic E-state index is 11.4. The summed E-state index contributed by atoms with van der Waals surface area (Å²) in [5, 5.41) is 0. The number of rotatable bonds is 8. The third kappa shape index (κ3) is 5.24. The summed E-state index contributed by atoms with van der Waals surface area (Å²) in [7, 11) is 0. The largest absolute Gasteiger partial charge is 0.466 e. The van der Waals surface area contributed by atoms with Crippen molar-refractivity contribution in [2.24, 2.45) is 11.8 Å². The van der Waals surface area contributed by atoms with Gasteiger partial charge in [0.15, 0.2) is 5.79 Å². The lowest BCUT2D eigenvalue weighted by molar-refractivity contribution is -0.188. The van der Waals surface area contributed by atoms with Gasteiger partial charge in [0.05, 0.1) is 19.8 Å². The summed E-state index contributed by atoms with van der Waals surface area (Å²) in [6, 6.07) is 0. The Labute approximate surface area is 134 Å². The Morgan fingerprint density at radius 2 is 2.09 bits per heavy atom. The lowest BCUT2D eigenvalue weighted by Gasteiger charge is -2.37. The van der Waals surface area contributed by atoms with Gasteiger partial charge >= 0.3 is 5.97 Å². The maximum atomic E-state index is 11.4. The first-order valence-electron chi connectivity index (χ1n) is 9.11. The van der Waals surface area contributed by atoms with Crippen LogP contribution in [-0.4, -0.2) is 31.6 Å². The molecule has 4 nitrogen and oxygen atoms in total. The van der Waals surface area contributed by atoms with Gasteiger partial charge in [-0.1, -0.05) is 19.8 Å². The van der Waals surface area contributed by atoms with E-state index in [0.29, 0.717) is 24.9 Å². The molecule has 0 radical (unpaired) electrons. The summed E-state index contributed by atoms with van der Waals surface area (Å²) in [6.45, 7) is 6.11. The molecule has 0 N–H and O–H groups in total. The Hall–Kier alpha value is -0.610. The maximum Gasteiger partial charge on any atom is 0.305 e. The minimum Gasteiger partial charge on any atom is -0.466 e. The average molecular weight is 312 g/mol. The van der Waals surface area contributed by atoms with Crippen molar-refractivity contribution in [3.05, 3.63) is 0 Å².